The molecule has 0 bridgehead atoms. The molecule has 1 aromatic rings. The van der Waals surface area contributed by atoms with E-state index in [9.17, 15) is 9.90 Å². The minimum absolute atomic E-state index is 0.242. The molecule has 1 aliphatic heterocycles. The van der Waals surface area contributed by atoms with Gasteiger partial charge in [0.05, 0.1) is 0 Å². The molecular formula is C18H25NO2. The van der Waals surface area contributed by atoms with E-state index in [0.717, 1.165) is 25.8 Å². The van der Waals surface area contributed by atoms with Crippen molar-refractivity contribution in [3.63, 3.8) is 0 Å². The number of carbonyl (C=O) groups is 1. The number of benzene rings is 1. The fourth-order valence-electron chi connectivity index (χ4n) is 4.23. The summed E-state index contributed by atoms with van der Waals surface area (Å²) in [6, 6.07) is 10.8. The Hall–Kier alpha value is -1.35. The largest absolute Gasteiger partial charge is 0.480 e. The number of hydrogen-bond donors (Lipinski definition) is 1. The molecule has 2 fully saturated rings. The highest BCUT2D eigenvalue weighted by Gasteiger charge is 2.44. The predicted molar refractivity (Wildman–Crippen MR) is 83.3 cm³/mol. The van der Waals surface area contributed by atoms with E-state index in [1.165, 1.54) is 31.2 Å². The lowest BCUT2D eigenvalue weighted by Crippen LogP contribution is -2.42. The van der Waals surface area contributed by atoms with Gasteiger partial charge < -0.3 is 5.11 Å². The maximum absolute atomic E-state index is 11.5. The first kappa shape index (κ1) is 14.6. The van der Waals surface area contributed by atoms with Gasteiger partial charge in [-0.3, -0.25) is 9.69 Å². The second-order valence-electron chi connectivity index (χ2n) is 6.53. The van der Waals surface area contributed by atoms with Crippen LogP contribution in [0.4, 0.5) is 0 Å². The maximum atomic E-state index is 11.5. The van der Waals surface area contributed by atoms with Crippen LogP contribution in [0.25, 0.3) is 0 Å². The maximum Gasteiger partial charge on any atom is 0.320 e. The Kier molecular flexibility index (Phi) is 4.59. The monoisotopic (exact) mass is 287 g/mol. The first-order valence-corrected chi connectivity index (χ1v) is 8.28. The average Bonchev–Trinajstić information content (AvgIpc) is 2.88. The molecule has 3 atom stereocenters. The van der Waals surface area contributed by atoms with E-state index < -0.39 is 5.97 Å². The van der Waals surface area contributed by atoms with Crippen molar-refractivity contribution in [3.05, 3.63) is 35.9 Å². The number of likely N-dealkylation sites (tertiary alicyclic amines) is 1. The van der Waals surface area contributed by atoms with Gasteiger partial charge in [0.15, 0.2) is 0 Å². The molecule has 1 N–H and O–H groups in total. The Labute approximate surface area is 127 Å². The molecule has 21 heavy (non-hydrogen) atoms. The Bertz CT molecular complexity index is 473. The highest BCUT2D eigenvalue weighted by atomic mass is 16.4. The van der Waals surface area contributed by atoms with E-state index in [-0.39, 0.29) is 6.04 Å². The third-order valence-corrected chi connectivity index (χ3v) is 5.23. The number of hydrogen-bond acceptors (Lipinski definition) is 2. The summed E-state index contributed by atoms with van der Waals surface area (Å²) in [5.74, 6) is 0.000636. The van der Waals surface area contributed by atoms with Crippen molar-refractivity contribution in [2.75, 3.05) is 6.54 Å². The molecular weight excluding hydrogens is 262 g/mol. The molecule has 3 rings (SSSR count). The van der Waals surface area contributed by atoms with Gasteiger partial charge in [-0.25, -0.2) is 0 Å². The van der Waals surface area contributed by atoms with Crippen molar-refractivity contribution in [3.8, 4) is 0 Å². The van der Waals surface area contributed by atoms with Crippen molar-refractivity contribution >= 4 is 5.97 Å². The fraction of sp³-hybridized carbons (Fsp3) is 0.611. The number of rotatable bonds is 5. The number of carboxylic acid groups (broad SMARTS) is 1. The molecule has 0 unspecified atom stereocenters. The second kappa shape index (κ2) is 6.61. The lowest BCUT2D eigenvalue weighted by molar-refractivity contribution is -0.142. The quantitative estimate of drug-likeness (QED) is 0.903. The van der Waals surface area contributed by atoms with Gasteiger partial charge in [0.1, 0.15) is 6.04 Å². The molecule has 2 aliphatic rings. The Morgan fingerprint density at radius 1 is 1.19 bits per heavy atom. The zero-order valence-electron chi connectivity index (χ0n) is 12.6. The highest BCUT2D eigenvalue weighted by Crippen LogP contribution is 2.39. The normalized spacial score (nSPS) is 29.2. The Morgan fingerprint density at radius 3 is 2.71 bits per heavy atom. The van der Waals surface area contributed by atoms with E-state index in [1.807, 2.05) is 6.07 Å². The van der Waals surface area contributed by atoms with Crippen LogP contribution in [0.1, 0.15) is 44.1 Å². The zero-order chi connectivity index (χ0) is 14.7. The molecule has 0 spiro atoms. The van der Waals surface area contributed by atoms with E-state index in [1.54, 1.807) is 0 Å². The van der Waals surface area contributed by atoms with Gasteiger partial charge >= 0.3 is 5.97 Å². The molecule has 1 aromatic carbocycles. The number of nitrogens with zero attached hydrogens (tertiary/aromatic N) is 1. The van der Waals surface area contributed by atoms with Gasteiger partial charge in [0, 0.05) is 6.04 Å². The Balaban J connectivity index is 1.60. The van der Waals surface area contributed by atoms with Gasteiger partial charge in [-0.05, 0) is 50.1 Å². The first-order valence-electron chi connectivity index (χ1n) is 8.28. The summed E-state index contributed by atoms with van der Waals surface area (Å²) in [5, 5.41) is 9.51. The zero-order valence-corrected chi connectivity index (χ0v) is 12.6. The summed E-state index contributed by atoms with van der Waals surface area (Å²) in [6.07, 6.45) is 7.93. The number of fused-ring (bicyclic) bond motifs is 1. The molecule has 3 heteroatoms. The van der Waals surface area contributed by atoms with E-state index in [4.69, 9.17) is 0 Å². The van der Waals surface area contributed by atoms with E-state index in [0.29, 0.717) is 12.0 Å². The lowest BCUT2D eigenvalue weighted by atomic mass is 9.84. The van der Waals surface area contributed by atoms with Crippen molar-refractivity contribution in [1.82, 2.24) is 4.90 Å². The molecule has 1 heterocycles. The van der Waals surface area contributed by atoms with Crippen molar-refractivity contribution in [1.29, 1.82) is 0 Å². The van der Waals surface area contributed by atoms with Crippen LogP contribution < -0.4 is 0 Å². The molecule has 0 amide bonds. The summed E-state index contributed by atoms with van der Waals surface area (Å²) >= 11 is 0. The number of carboxylic acids is 1. The van der Waals surface area contributed by atoms with Crippen LogP contribution in [0.3, 0.4) is 0 Å². The highest BCUT2D eigenvalue weighted by molar-refractivity contribution is 5.74. The van der Waals surface area contributed by atoms with Gasteiger partial charge in [-0.15, -0.1) is 0 Å². The molecule has 114 valence electrons. The second-order valence-corrected chi connectivity index (χ2v) is 6.53. The van der Waals surface area contributed by atoms with Crippen molar-refractivity contribution in [2.45, 2.75) is 57.0 Å². The third kappa shape index (κ3) is 3.29. The van der Waals surface area contributed by atoms with Gasteiger partial charge in [0.25, 0.3) is 0 Å². The number of aliphatic carboxylic acids is 1. The summed E-state index contributed by atoms with van der Waals surface area (Å²) in [7, 11) is 0. The van der Waals surface area contributed by atoms with Crippen LogP contribution in [-0.2, 0) is 11.2 Å². The minimum Gasteiger partial charge on any atom is -0.480 e. The fourth-order valence-corrected chi connectivity index (χ4v) is 4.23. The van der Waals surface area contributed by atoms with Gasteiger partial charge in [0.2, 0.25) is 0 Å². The van der Waals surface area contributed by atoms with Crippen LogP contribution in [0.2, 0.25) is 0 Å². The minimum atomic E-state index is -0.621. The van der Waals surface area contributed by atoms with Crippen LogP contribution in [0.15, 0.2) is 30.3 Å². The first-order chi connectivity index (χ1) is 10.3. The Morgan fingerprint density at radius 2 is 1.95 bits per heavy atom. The standard InChI is InChI=1S/C18H25NO2/c20-18(21)17-13-15-10-4-5-11-16(15)19(17)12-6-9-14-7-2-1-3-8-14/h1-3,7-8,15-17H,4-6,9-13H2,(H,20,21)/t15-,16-,17+/m1/s1. The van der Waals surface area contributed by atoms with Crippen LogP contribution in [-0.4, -0.2) is 34.6 Å². The summed E-state index contributed by atoms with van der Waals surface area (Å²) in [5.41, 5.74) is 1.35. The third-order valence-electron chi connectivity index (χ3n) is 5.23. The predicted octanol–water partition coefficient (Wildman–Crippen LogP) is 3.34. The van der Waals surface area contributed by atoms with Gasteiger partial charge in [-0.2, -0.15) is 0 Å². The van der Waals surface area contributed by atoms with E-state index in [2.05, 4.69) is 29.2 Å². The molecule has 1 saturated heterocycles. The lowest BCUT2D eigenvalue weighted by Gasteiger charge is -2.33. The van der Waals surface area contributed by atoms with Crippen molar-refractivity contribution in [2.24, 2.45) is 5.92 Å². The molecule has 3 nitrogen and oxygen atoms in total. The van der Waals surface area contributed by atoms with Crippen molar-refractivity contribution < 1.29 is 9.90 Å². The summed E-state index contributed by atoms with van der Waals surface area (Å²) < 4.78 is 0. The summed E-state index contributed by atoms with van der Waals surface area (Å²) in [4.78, 5) is 13.8. The summed E-state index contributed by atoms with van der Waals surface area (Å²) in [6.45, 7) is 0.924. The van der Waals surface area contributed by atoms with E-state index >= 15 is 0 Å². The van der Waals surface area contributed by atoms with Gasteiger partial charge in [-0.1, -0.05) is 43.2 Å². The molecule has 1 aliphatic carbocycles. The molecule has 0 radical (unpaired) electrons. The number of aryl methyl sites for hydroxylation is 1. The topological polar surface area (TPSA) is 40.5 Å². The van der Waals surface area contributed by atoms with Crippen LogP contribution >= 0.6 is 0 Å². The molecule has 0 aromatic heterocycles. The average molecular weight is 287 g/mol. The molecule has 1 saturated carbocycles. The SMILES string of the molecule is O=C(O)[C@@H]1C[C@H]2CCCC[C@H]2N1CCCc1ccccc1. The smallest absolute Gasteiger partial charge is 0.320 e. The van der Waals surface area contributed by atoms with Crippen LogP contribution in [0, 0.1) is 5.92 Å². The van der Waals surface area contributed by atoms with Crippen LogP contribution in [0.5, 0.6) is 0 Å².